The van der Waals surface area contributed by atoms with Gasteiger partial charge in [-0.2, -0.15) is 5.10 Å². The molecule has 2 rings (SSSR count). The van der Waals surface area contributed by atoms with E-state index in [1.165, 1.54) is 18.2 Å². The van der Waals surface area contributed by atoms with Gasteiger partial charge in [-0.1, -0.05) is 22.0 Å². The maximum absolute atomic E-state index is 12.0. The lowest BCUT2D eigenvalue weighted by Gasteiger charge is -2.10. The van der Waals surface area contributed by atoms with Crippen molar-refractivity contribution in [1.29, 1.82) is 0 Å². The smallest absolute Gasteiger partial charge is 0.277 e. The minimum Gasteiger partial charge on any atom is -0.483 e. The van der Waals surface area contributed by atoms with Gasteiger partial charge >= 0.3 is 0 Å². The van der Waals surface area contributed by atoms with E-state index in [2.05, 4.69) is 47.7 Å². The summed E-state index contributed by atoms with van der Waals surface area (Å²) in [5, 5.41) is 17.2. The first-order valence-electron chi connectivity index (χ1n) is 8.60. The number of carbonyl (C=O) groups excluding carboxylic acids is 2. The molecule has 0 saturated heterocycles. The number of hydrogen-bond donors (Lipinski definition) is 2. The third-order valence-electron chi connectivity index (χ3n) is 3.70. The molecule has 0 atom stereocenters. The van der Waals surface area contributed by atoms with Crippen LogP contribution in [0.2, 0.25) is 0 Å². The summed E-state index contributed by atoms with van der Waals surface area (Å²) in [5.41, 5.74) is 3.80. The predicted octanol–water partition coefficient (Wildman–Crippen LogP) is 4.33. The molecule has 0 fully saturated rings. The Morgan fingerprint density at radius 1 is 1.17 bits per heavy atom. The van der Waals surface area contributed by atoms with E-state index in [0.717, 1.165) is 10.0 Å². The number of nitro groups is 1. The summed E-state index contributed by atoms with van der Waals surface area (Å²) in [7, 11) is 0. The summed E-state index contributed by atoms with van der Waals surface area (Å²) in [6.45, 7) is 3.22. The Kier molecular flexibility index (Phi) is 8.48. The van der Waals surface area contributed by atoms with Crippen LogP contribution < -0.4 is 15.5 Å². The lowest BCUT2D eigenvalue weighted by atomic mass is 10.2. The second kappa shape index (κ2) is 10.8. The number of halogens is 2. The summed E-state index contributed by atoms with van der Waals surface area (Å²) in [5.74, 6) is -0.389. The third-order valence-corrected chi connectivity index (χ3v) is 5.17. The van der Waals surface area contributed by atoms with Crippen molar-refractivity contribution in [3.63, 3.8) is 0 Å². The number of carbonyl (C=O) groups is 2. The number of rotatable bonds is 8. The molecule has 0 aliphatic carbocycles. The Morgan fingerprint density at radius 2 is 1.90 bits per heavy atom. The van der Waals surface area contributed by atoms with E-state index in [9.17, 15) is 19.7 Å². The molecule has 0 aliphatic rings. The normalized spacial score (nSPS) is 11.0. The van der Waals surface area contributed by atoms with Crippen LogP contribution in [0.5, 0.6) is 5.75 Å². The van der Waals surface area contributed by atoms with Crippen molar-refractivity contribution in [3.8, 4) is 5.75 Å². The molecule has 2 amide bonds. The average molecular weight is 542 g/mol. The zero-order valence-electron chi connectivity index (χ0n) is 16.1. The molecule has 2 N–H and O–H groups in total. The molecule has 30 heavy (non-hydrogen) atoms. The van der Waals surface area contributed by atoms with Crippen LogP contribution in [0.3, 0.4) is 0 Å². The number of anilines is 1. The van der Waals surface area contributed by atoms with Crippen molar-refractivity contribution in [2.75, 3.05) is 11.9 Å². The molecular weight excluding hydrogens is 524 g/mol. The third kappa shape index (κ3) is 7.23. The van der Waals surface area contributed by atoms with Crippen molar-refractivity contribution in [2.24, 2.45) is 5.10 Å². The molecule has 0 saturated carbocycles. The second-order valence-electron chi connectivity index (χ2n) is 6.23. The van der Waals surface area contributed by atoms with Crippen LogP contribution in [-0.4, -0.2) is 29.1 Å². The first kappa shape index (κ1) is 23.5. The maximum Gasteiger partial charge on any atom is 0.277 e. The van der Waals surface area contributed by atoms with Crippen molar-refractivity contribution in [1.82, 2.24) is 5.43 Å². The van der Waals surface area contributed by atoms with E-state index in [1.54, 1.807) is 19.1 Å². The van der Waals surface area contributed by atoms with Crippen molar-refractivity contribution in [2.45, 2.75) is 20.3 Å². The Hall–Kier alpha value is -2.79. The van der Waals surface area contributed by atoms with E-state index in [-0.39, 0.29) is 18.7 Å². The van der Waals surface area contributed by atoms with Crippen LogP contribution in [0.15, 0.2) is 50.4 Å². The Morgan fingerprint density at radius 3 is 2.60 bits per heavy atom. The zero-order chi connectivity index (χ0) is 22.3. The van der Waals surface area contributed by atoms with E-state index >= 15 is 0 Å². The maximum atomic E-state index is 12.0. The molecule has 9 nitrogen and oxygen atoms in total. The number of benzene rings is 2. The Bertz CT molecular complexity index is 1010. The van der Waals surface area contributed by atoms with Gasteiger partial charge in [0.2, 0.25) is 5.91 Å². The van der Waals surface area contributed by atoms with E-state index in [4.69, 9.17) is 4.74 Å². The second-order valence-corrected chi connectivity index (χ2v) is 7.94. The van der Waals surface area contributed by atoms with E-state index in [0.29, 0.717) is 21.6 Å². The summed E-state index contributed by atoms with van der Waals surface area (Å²) in [6, 6.07) is 9.21. The number of hydrazone groups is 1. The topological polar surface area (TPSA) is 123 Å². The molecule has 0 unspecified atom stereocenters. The summed E-state index contributed by atoms with van der Waals surface area (Å²) < 4.78 is 7.09. The van der Waals surface area contributed by atoms with Crippen LogP contribution in [-0.2, 0) is 9.59 Å². The molecule has 0 aliphatic heterocycles. The van der Waals surface area contributed by atoms with Gasteiger partial charge in [0.25, 0.3) is 11.6 Å². The number of amides is 2. The van der Waals surface area contributed by atoms with Crippen molar-refractivity contribution < 1.29 is 19.2 Å². The largest absolute Gasteiger partial charge is 0.483 e. The van der Waals surface area contributed by atoms with Gasteiger partial charge in [-0.3, -0.25) is 19.7 Å². The molecule has 158 valence electrons. The average Bonchev–Trinajstić information content (AvgIpc) is 2.68. The highest BCUT2D eigenvalue weighted by Crippen LogP contribution is 2.31. The summed E-state index contributed by atoms with van der Waals surface area (Å²) >= 11 is 6.77. The molecule has 11 heteroatoms. The van der Waals surface area contributed by atoms with Crippen molar-refractivity contribution in [3.05, 3.63) is 61.0 Å². The lowest BCUT2D eigenvalue weighted by Crippen LogP contribution is -2.26. The van der Waals surface area contributed by atoms with Gasteiger partial charge in [-0.05, 0) is 53.5 Å². The number of nitrogens with one attached hydrogen (secondary N) is 2. The van der Waals surface area contributed by atoms with Gasteiger partial charge < -0.3 is 10.1 Å². The van der Waals surface area contributed by atoms with Crippen LogP contribution in [0.1, 0.15) is 18.9 Å². The van der Waals surface area contributed by atoms with Crippen LogP contribution in [0, 0.1) is 17.0 Å². The monoisotopic (exact) mass is 540 g/mol. The van der Waals surface area contributed by atoms with Crippen LogP contribution >= 0.6 is 31.9 Å². The molecule has 0 spiro atoms. The molecule has 0 aromatic heterocycles. The lowest BCUT2D eigenvalue weighted by molar-refractivity contribution is -0.384. The van der Waals surface area contributed by atoms with Gasteiger partial charge in [-0.15, -0.1) is 0 Å². The first-order valence-corrected chi connectivity index (χ1v) is 10.2. The molecule has 0 bridgehead atoms. The fourth-order valence-electron chi connectivity index (χ4n) is 2.25. The highest BCUT2D eigenvalue weighted by molar-refractivity contribution is 9.11. The highest BCUT2D eigenvalue weighted by atomic mass is 79.9. The number of aryl methyl sites for hydroxylation is 1. The predicted molar refractivity (Wildman–Crippen MR) is 120 cm³/mol. The van der Waals surface area contributed by atoms with Gasteiger partial charge in [0, 0.05) is 28.0 Å². The molecule has 0 heterocycles. The van der Waals surface area contributed by atoms with Gasteiger partial charge in [0.05, 0.1) is 15.8 Å². The fourth-order valence-corrected chi connectivity index (χ4v) is 3.36. The zero-order valence-corrected chi connectivity index (χ0v) is 19.2. The number of ether oxygens (including phenoxy) is 1. The first-order chi connectivity index (χ1) is 14.2. The quantitative estimate of drug-likeness (QED) is 0.292. The standard InChI is InChI=1S/C19H18Br2N4O5/c1-11-6-17(16(21)9-15(11)20)30-10-19(27)24-23-12(2)7-18(26)22-13-4-3-5-14(8-13)25(28)29/h3-6,8-9H,7,10H2,1-2H3,(H,22,26)(H,24,27). The molecular formula is C19H18Br2N4O5. The fraction of sp³-hybridized carbons (Fsp3) is 0.211. The van der Waals surface area contributed by atoms with Crippen molar-refractivity contribution >= 4 is 60.8 Å². The van der Waals surface area contributed by atoms with Crippen LogP contribution in [0.4, 0.5) is 11.4 Å². The summed E-state index contributed by atoms with van der Waals surface area (Å²) in [4.78, 5) is 34.2. The summed E-state index contributed by atoms with van der Waals surface area (Å²) in [6.07, 6.45) is -0.0959. The highest BCUT2D eigenvalue weighted by Gasteiger charge is 2.11. The Balaban J connectivity index is 1.83. The van der Waals surface area contributed by atoms with Gasteiger partial charge in [0.1, 0.15) is 5.75 Å². The van der Waals surface area contributed by atoms with Gasteiger partial charge in [0.15, 0.2) is 6.61 Å². The van der Waals surface area contributed by atoms with E-state index in [1.807, 2.05) is 13.0 Å². The number of hydrogen-bond acceptors (Lipinski definition) is 6. The minimum absolute atomic E-state index is 0.0959. The van der Waals surface area contributed by atoms with Gasteiger partial charge in [-0.25, -0.2) is 5.43 Å². The molecule has 0 radical (unpaired) electrons. The SMILES string of the molecule is CC(CC(=O)Nc1cccc([N+](=O)[O-])c1)=NNC(=O)COc1cc(C)c(Br)cc1Br. The molecule has 2 aromatic rings. The van der Waals surface area contributed by atoms with Crippen LogP contribution in [0.25, 0.3) is 0 Å². The minimum atomic E-state index is -0.548. The Labute approximate surface area is 189 Å². The number of nitro benzene ring substituents is 1. The van der Waals surface area contributed by atoms with E-state index < -0.39 is 16.7 Å². The number of nitrogens with zero attached hydrogens (tertiary/aromatic N) is 2. The molecule has 2 aromatic carbocycles. The number of non-ortho nitro benzene ring substituents is 1.